The molecular formula is C29H34O9. The molecule has 38 heavy (non-hydrogen) atoms. The second kappa shape index (κ2) is 7.81. The van der Waals surface area contributed by atoms with Crippen molar-refractivity contribution >= 4 is 23.7 Å². The Morgan fingerprint density at radius 1 is 1.16 bits per heavy atom. The lowest BCUT2D eigenvalue weighted by Gasteiger charge is -2.63. The van der Waals surface area contributed by atoms with Crippen molar-refractivity contribution in [2.75, 3.05) is 7.11 Å². The number of hydrogen-bond donors (Lipinski definition) is 0. The molecule has 3 aliphatic carbocycles. The molecule has 9 nitrogen and oxygen atoms in total. The number of rotatable bonds is 4. The molecule has 9 atom stereocenters. The van der Waals surface area contributed by atoms with Crippen molar-refractivity contribution in [1.82, 2.24) is 0 Å². The summed E-state index contributed by atoms with van der Waals surface area (Å²) in [5.74, 6) is -2.91. The van der Waals surface area contributed by atoms with Crippen molar-refractivity contribution in [3.8, 4) is 0 Å². The molecule has 0 N–H and O–H groups in total. The average Bonchev–Trinajstić information content (AvgIpc) is 3.31. The van der Waals surface area contributed by atoms with Crippen LogP contribution in [0.2, 0.25) is 0 Å². The lowest BCUT2D eigenvalue weighted by atomic mass is 9.38. The zero-order valence-corrected chi connectivity index (χ0v) is 22.6. The number of epoxide rings is 1. The van der Waals surface area contributed by atoms with Crippen LogP contribution in [0, 0.1) is 34.0 Å². The normalized spacial score (nSPS) is 44.0. The SMILES string of the molecule is COC(=O)C[C@H]1C(C)(C)[C@H](OC(C)=O)[C@H]2C(=O)[C@]1(C)[C@H]1CC[C@]3(C)C(=CC(=O)O[C@H]3c3ccoc3)[C@]13O[C@H]23. The molecule has 1 spiro atoms. The molecule has 0 unspecified atom stereocenters. The maximum absolute atomic E-state index is 14.4. The first-order valence-electron chi connectivity index (χ1n) is 13.2. The molecule has 0 aromatic carbocycles. The molecular weight excluding hydrogens is 492 g/mol. The fourth-order valence-electron chi connectivity index (χ4n) is 8.94. The zero-order chi connectivity index (χ0) is 27.4. The summed E-state index contributed by atoms with van der Waals surface area (Å²) in [6, 6.07) is 1.80. The first kappa shape index (κ1) is 25.3. The van der Waals surface area contributed by atoms with Gasteiger partial charge in [0.05, 0.1) is 25.6 Å². The number of carbonyl (C=O) groups is 4. The molecule has 4 fully saturated rings. The number of cyclic esters (lactones) is 1. The maximum Gasteiger partial charge on any atom is 0.331 e. The lowest BCUT2D eigenvalue weighted by Crippen LogP contribution is -2.71. The van der Waals surface area contributed by atoms with Gasteiger partial charge in [-0.1, -0.05) is 27.7 Å². The van der Waals surface area contributed by atoms with Crippen molar-refractivity contribution in [1.29, 1.82) is 0 Å². The Morgan fingerprint density at radius 3 is 2.53 bits per heavy atom. The third-order valence-electron chi connectivity index (χ3n) is 10.6. The van der Waals surface area contributed by atoms with E-state index in [9.17, 15) is 19.2 Å². The van der Waals surface area contributed by atoms with Crippen LogP contribution in [0.4, 0.5) is 0 Å². The van der Waals surface area contributed by atoms with Crippen LogP contribution in [-0.2, 0) is 38.1 Å². The van der Waals surface area contributed by atoms with Crippen molar-refractivity contribution in [2.24, 2.45) is 34.0 Å². The van der Waals surface area contributed by atoms with Gasteiger partial charge in [-0.2, -0.15) is 0 Å². The van der Waals surface area contributed by atoms with Crippen molar-refractivity contribution < 1.29 is 42.5 Å². The zero-order valence-electron chi connectivity index (χ0n) is 22.6. The highest BCUT2D eigenvalue weighted by Gasteiger charge is 2.84. The summed E-state index contributed by atoms with van der Waals surface area (Å²) < 4.78 is 28.7. The smallest absolute Gasteiger partial charge is 0.331 e. The van der Waals surface area contributed by atoms with E-state index < -0.39 is 69.9 Å². The van der Waals surface area contributed by atoms with Gasteiger partial charge in [-0.15, -0.1) is 0 Å². The fourth-order valence-corrected chi connectivity index (χ4v) is 8.94. The number of carbonyl (C=O) groups excluding carboxylic acids is 4. The van der Waals surface area contributed by atoms with Crippen LogP contribution >= 0.6 is 0 Å². The van der Waals surface area contributed by atoms with Gasteiger partial charge in [-0.05, 0) is 30.4 Å². The van der Waals surface area contributed by atoms with Crippen LogP contribution in [-0.4, -0.2) is 48.6 Å². The molecule has 204 valence electrons. The monoisotopic (exact) mass is 526 g/mol. The second-order valence-electron chi connectivity index (χ2n) is 12.6. The van der Waals surface area contributed by atoms with Gasteiger partial charge in [-0.3, -0.25) is 14.4 Å². The molecule has 3 saturated carbocycles. The third-order valence-corrected chi connectivity index (χ3v) is 10.6. The van der Waals surface area contributed by atoms with Gasteiger partial charge in [0.2, 0.25) is 0 Å². The first-order valence-corrected chi connectivity index (χ1v) is 13.2. The molecule has 5 aliphatic rings. The summed E-state index contributed by atoms with van der Waals surface area (Å²) in [7, 11) is 1.33. The molecule has 1 aromatic rings. The summed E-state index contributed by atoms with van der Waals surface area (Å²) >= 11 is 0. The van der Waals surface area contributed by atoms with E-state index in [1.54, 1.807) is 24.7 Å². The maximum atomic E-state index is 14.4. The number of fused-ring (bicyclic) bond motifs is 5. The van der Waals surface area contributed by atoms with Gasteiger partial charge in [0.1, 0.15) is 29.7 Å². The summed E-state index contributed by atoms with van der Waals surface area (Å²) in [5.41, 5.74) is -1.59. The molecule has 9 heteroatoms. The van der Waals surface area contributed by atoms with E-state index in [1.165, 1.54) is 14.0 Å². The third kappa shape index (κ3) is 2.96. The predicted molar refractivity (Wildman–Crippen MR) is 130 cm³/mol. The Balaban J connectivity index is 1.53. The van der Waals surface area contributed by atoms with E-state index in [4.69, 9.17) is 23.4 Å². The van der Waals surface area contributed by atoms with Crippen LogP contribution in [0.5, 0.6) is 0 Å². The molecule has 0 radical (unpaired) electrons. The minimum absolute atomic E-state index is 0.00345. The molecule has 2 bridgehead atoms. The molecule has 3 heterocycles. The highest BCUT2D eigenvalue weighted by molar-refractivity contribution is 5.94. The number of Topliss-reactive ketones (excluding diaryl/α,β-unsaturated/α-hetero) is 1. The Hall–Kier alpha value is -2.94. The molecule has 1 saturated heterocycles. The van der Waals surface area contributed by atoms with Gasteiger partial charge < -0.3 is 23.4 Å². The van der Waals surface area contributed by atoms with E-state index in [2.05, 4.69) is 6.92 Å². The van der Waals surface area contributed by atoms with E-state index in [0.717, 1.165) is 11.1 Å². The minimum Gasteiger partial charge on any atom is -0.472 e. The van der Waals surface area contributed by atoms with Gasteiger partial charge in [0.25, 0.3) is 0 Å². The average molecular weight is 527 g/mol. The Bertz CT molecular complexity index is 1260. The number of esters is 3. The Morgan fingerprint density at radius 2 is 1.89 bits per heavy atom. The predicted octanol–water partition coefficient (Wildman–Crippen LogP) is 3.71. The van der Waals surface area contributed by atoms with Crippen LogP contribution in [0.1, 0.15) is 65.5 Å². The highest BCUT2D eigenvalue weighted by Crippen LogP contribution is 2.76. The topological polar surface area (TPSA) is 122 Å². The largest absolute Gasteiger partial charge is 0.472 e. The molecule has 0 amide bonds. The number of furan rings is 1. The Kier molecular flexibility index (Phi) is 5.21. The van der Waals surface area contributed by atoms with Gasteiger partial charge in [-0.25, -0.2) is 4.79 Å². The van der Waals surface area contributed by atoms with E-state index >= 15 is 0 Å². The first-order chi connectivity index (χ1) is 17.8. The van der Waals surface area contributed by atoms with Crippen LogP contribution in [0.15, 0.2) is 34.7 Å². The molecule has 6 rings (SSSR count). The van der Waals surface area contributed by atoms with E-state index in [0.29, 0.717) is 12.8 Å². The van der Waals surface area contributed by atoms with Gasteiger partial charge in [0, 0.05) is 47.1 Å². The number of hydrogen-bond acceptors (Lipinski definition) is 9. The number of ketones is 1. The van der Waals surface area contributed by atoms with E-state index in [1.807, 2.05) is 20.8 Å². The summed E-state index contributed by atoms with van der Waals surface area (Å²) in [6.45, 7) is 9.25. The molecule has 2 aliphatic heterocycles. The highest BCUT2D eigenvalue weighted by atomic mass is 16.6. The minimum atomic E-state index is -0.972. The lowest BCUT2D eigenvalue weighted by molar-refractivity contribution is -0.202. The van der Waals surface area contributed by atoms with Crippen LogP contribution in [0.3, 0.4) is 0 Å². The van der Waals surface area contributed by atoms with Crippen LogP contribution in [0.25, 0.3) is 0 Å². The summed E-state index contributed by atoms with van der Waals surface area (Å²) in [6.07, 6.45) is 4.07. The van der Waals surface area contributed by atoms with Gasteiger partial charge >= 0.3 is 17.9 Å². The molecule has 1 aromatic heterocycles. The Labute approximate surface area is 221 Å². The van der Waals surface area contributed by atoms with Crippen LogP contribution < -0.4 is 0 Å². The van der Waals surface area contributed by atoms with Crippen molar-refractivity contribution in [3.63, 3.8) is 0 Å². The van der Waals surface area contributed by atoms with Crippen molar-refractivity contribution in [3.05, 3.63) is 35.8 Å². The van der Waals surface area contributed by atoms with E-state index in [-0.39, 0.29) is 18.1 Å². The standard InChI is InChI=1S/C29H34O9/c1-14(30)36-24-21-22(33)28(5,17(26(24,2)3)11-19(31)34-6)16-7-9-27(4)18(29(16)25(21)38-29)12-20(32)37-23(27)15-8-10-35-13-15/h8,10,12-13,16-17,21,23-25H,7,9,11H2,1-6H3/t16-,17+,21-,23+,24-,25-,27-,28-,29-/m1/s1. The van der Waals surface area contributed by atoms with Crippen molar-refractivity contribution in [2.45, 2.75) is 77.8 Å². The number of ether oxygens (including phenoxy) is 4. The van der Waals surface area contributed by atoms with Gasteiger partial charge in [0.15, 0.2) is 0 Å². The fraction of sp³-hybridized carbons (Fsp3) is 0.655. The quantitative estimate of drug-likeness (QED) is 0.328. The summed E-state index contributed by atoms with van der Waals surface area (Å²) in [5, 5.41) is 0. The second-order valence-corrected chi connectivity index (χ2v) is 12.6. The number of methoxy groups -OCH3 is 1. The summed E-state index contributed by atoms with van der Waals surface area (Å²) in [4.78, 5) is 52.3.